The van der Waals surface area contributed by atoms with Gasteiger partial charge in [-0.3, -0.25) is 9.69 Å². The smallest absolute Gasteiger partial charge is 0.225 e. The summed E-state index contributed by atoms with van der Waals surface area (Å²) in [6.45, 7) is 5.45. The van der Waals surface area contributed by atoms with Crippen LogP contribution >= 0.6 is 0 Å². The predicted molar refractivity (Wildman–Crippen MR) is 86.3 cm³/mol. The molecule has 8 heteroatoms. The van der Waals surface area contributed by atoms with E-state index in [2.05, 4.69) is 20.4 Å². The van der Waals surface area contributed by atoms with Crippen molar-refractivity contribution in [2.75, 3.05) is 39.4 Å². The molecular formula is C16H26N6O2. The quantitative estimate of drug-likeness (QED) is 0.786. The Kier molecular flexibility index (Phi) is 4.49. The molecule has 132 valence electrons. The molecule has 0 N–H and O–H groups in total. The standard InChI is InChI=1S/C16H26N6O2/c23-15(21-8-3-14(12-21)20-6-1-2-7-20)11-16(4-9-24-10-5-16)22-13-17-18-19-22/h13-14H,1-12H2. The van der Waals surface area contributed by atoms with Gasteiger partial charge in [0.15, 0.2) is 0 Å². The van der Waals surface area contributed by atoms with Gasteiger partial charge in [-0.25, -0.2) is 4.68 Å². The van der Waals surface area contributed by atoms with Crippen molar-refractivity contribution in [3.8, 4) is 0 Å². The highest BCUT2D eigenvalue weighted by molar-refractivity contribution is 5.77. The number of carbonyl (C=O) groups is 1. The minimum absolute atomic E-state index is 0.231. The van der Waals surface area contributed by atoms with Crippen LogP contribution in [0, 0.1) is 0 Å². The average Bonchev–Trinajstić information content (AvgIpc) is 3.36. The molecule has 1 amide bonds. The van der Waals surface area contributed by atoms with Crippen LogP contribution in [-0.4, -0.2) is 81.3 Å². The first-order valence-electron chi connectivity index (χ1n) is 9.10. The summed E-state index contributed by atoms with van der Waals surface area (Å²) >= 11 is 0. The SMILES string of the molecule is O=C(CC1(n2cnnn2)CCOCC1)N1CCC(N2CCCC2)C1. The number of likely N-dealkylation sites (tertiary alicyclic amines) is 2. The summed E-state index contributed by atoms with van der Waals surface area (Å²) in [7, 11) is 0. The van der Waals surface area contributed by atoms with Crippen molar-refractivity contribution in [2.24, 2.45) is 0 Å². The molecule has 0 bridgehead atoms. The number of carbonyl (C=O) groups excluding carboxylic acids is 1. The molecule has 0 spiro atoms. The van der Waals surface area contributed by atoms with E-state index in [-0.39, 0.29) is 11.4 Å². The maximum Gasteiger partial charge on any atom is 0.225 e. The topological polar surface area (TPSA) is 76.4 Å². The molecule has 3 saturated heterocycles. The van der Waals surface area contributed by atoms with Crippen LogP contribution in [0.15, 0.2) is 6.33 Å². The zero-order valence-corrected chi connectivity index (χ0v) is 14.1. The Morgan fingerprint density at radius 3 is 2.71 bits per heavy atom. The van der Waals surface area contributed by atoms with E-state index in [1.54, 1.807) is 11.0 Å². The van der Waals surface area contributed by atoms with Crippen molar-refractivity contribution >= 4 is 5.91 Å². The lowest BCUT2D eigenvalue weighted by atomic mass is 9.86. The Morgan fingerprint density at radius 1 is 1.21 bits per heavy atom. The largest absolute Gasteiger partial charge is 0.381 e. The summed E-state index contributed by atoms with van der Waals surface area (Å²) in [4.78, 5) is 17.6. The van der Waals surface area contributed by atoms with Crippen LogP contribution in [0.3, 0.4) is 0 Å². The third-order valence-corrected chi connectivity index (χ3v) is 5.91. The van der Waals surface area contributed by atoms with E-state index >= 15 is 0 Å². The van der Waals surface area contributed by atoms with Crippen molar-refractivity contribution in [1.82, 2.24) is 30.0 Å². The molecular weight excluding hydrogens is 308 g/mol. The lowest BCUT2D eigenvalue weighted by Crippen LogP contribution is -2.45. The van der Waals surface area contributed by atoms with Gasteiger partial charge >= 0.3 is 0 Å². The van der Waals surface area contributed by atoms with E-state index in [1.807, 2.05) is 4.90 Å². The van der Waals surface area contributed by atoms with Gasteiger partial charge in [-0.15, -0.1) is 5.10 Å². The Morgan fingerprint density at radius 2 is 2.00 bits per heavy atom. The molecule has 1 aromatic rings. The van der Waals surface area contributed by atoms with Gasteiger partial charge in [0.05, 0.1) is 12.0 Å². The molecule has 3 aliphatic heterocycles. The first-order chi connectivity index (χ1) is 11.8. The summed E-state index contributed by atoms with van der Waals surface area (Å²) < 4.78 is 7.28. The van der Waals surface area contributed by atoms with Crippen molar-refractivity contribution in [1.29, 1.82) is 0 Å². The second kappa shape index (κ2) is 6.76. The number of tetrazole rings is 1. The number of nitrogens with zero attached hydrogens (tertiary/aromatic N) is 6. The maximum atomic E-state index is 13.0. The van der Waals surface area contributed by atoms with Gasteiger partial charge in [0.1, 0.15) is 6.33 Å². The Hall–Kier alpha value is -1.54. The number of ether oxygens (including phenoxy) is 1. The van der Waals surface area contributed by atoms with Gasteiger partial charge in [0.2, 0.25) is 5.91 Å². The zero-order valence-electron chi connectivity index (χ0n) is 14.1. The zero-order chi connectivity index (χ0) is 16.4. The molecule has 8 nitrogen and oxygen atoms in total. The molecule has 0 saturated carbocycles. The van der Waals surface area contributed by atoms with Gasteiger partial charge in [0.25, 0.3) is 0 Å². The molecule has 0 radical (unpaired) electrons. The minimum Gasteiger partial charge on any atom is -0.381 e. The number of hydrogen-bond donors (Lipinski definition) is 0. The Balaban J connectivity index is 1.42. The van der Waals surface area contributed by atoms with Crippen molar-refractivity contribution in [3.05, 3.63) is 6.33 Å². The van der Waals surface area contributed by atoms with Gasteiger partial charge in [-0.1, -0.05) is 0 Å². The molecule has 3 aliphatic rings. The molecule has 0 aliphatic carbocycles. The van der Waals surface area contributed by atoms with E-state index in [4.69, 9.17) is 4.74 Å². The number of rotatable bonds is 4. The van der Waals surface area contributed by atoms with E-state index in [0.717, 1.165) is 32.4 Å². The van der Waals surface area contributed by atoms with Crippen LogP contribution in [0.5, 0.6) is 0 Å². The van der Waals surface area contributed by atoms with E-state index in [9.17, 15) is 4.79 Å². The summed E-state index contributed by atoms with van der Waals surface area (Å²) in [5.74, 6) is 0.231. The first kappa shape index (κ1) is 16.0. The molecule has 24 heavy (non-hydrogen) atoms. The van der Waals surface area contributed by atoms with Gasteiger partial charge in [-0.05, 0) is 55.6 Å². The summed E-state index contributed by atoms with van der Waals surface area (Å²) in [6, 6.07) is 0.551. The fourth-order valence-corrected chi connectivity index (χ4v) is 4.38. The number of aromatic nitrogens is 4. The van der Waals surface area contributed by atoms with Crippen LogP contribution in [0.4, 0.5) is 0 Å². The fraction of sp³-hybridized carbons (Fsp3) is 0.875. The lowest BCUT2D eigenvalue weighted by molar-refractivity contribution is -0.134. The molecule has 4 rings (SSSR count). The van der Waals surface area contributed by atoms with Crippen LogP contribution < -0.4 is 0 Å². The molecule has 1 atom stereocenters. The molecule has 3 fully saturated rings. The highest BCUT2D eigenvalue weighted by Crippen LogP contribution is 2.33. The number of amides is 1. The van der Waals surface area contributed by atoms with E-state index in [0.29, 0.717) is 25.7 Å². The monoisotopic (exact) mass is 334 g/mol. The summed E-state index contributed by atoms with van der Waals surface area (Å²) in [5, 5.41) is 11.6. The van der Waals surface area contributed by atoms with Crippen molar-refractivity contribution in [3.63, 3.8) is 0 Å². The van der Waals surface area contributed by atoms with E-state index < -0.39 is 0 Å². The lowest BCUT2D eigenvalue weighted by Gasteiger charge is -2.37. The third-order valence-electron chi connectivity index (χ3n) is 5.91. The predicted octanol–water partition coefficient (Wildman–Crippen LogP) is 0.266. The summed E-state index contributed by atoms with van der Waals surface area (Å²) in [6.07, 6.45) is 7.37. The van der Waals surface area contributed by atoms with Crippen LogP contribution in [0.1, 0.15) is 38.5 Å². The molecule has 1 unspecified atom stereocenters. The first-order valence-corrected chi connectivity index (χ1v) is 9.10. The van der Waals surface area contributed by atoms with Gasteiger partial charge in [0, 0.05) is 32.3 Å². The molecule has 1 aromatic heterocycles. The fourth-order valence-electron chi connectivity index (χ4n) is 4.38. The molecule has 0 aromatic carbocycles. The van der Waals surface area contributed by atoms with Crippen LogP contribution in [0.2, 0.25) is 0 Å². The second-order valence-electron chi connectivity index (χ2n) is 7.29. The van der Waals surface area contributed by atoms with Gasteiger partial charge < -0.3 is 9.64 Å². The Labute approximate surface area is 142 Å². The van der Waals surface area contributed by atoms with Crippen molar-refractivity contribution < 1.29 is 9.53 Å². The van der Waals surface area contributed by atoms with Crippen LogP contribution in [-0.2, 0) is 15.1 Å². The Bertz CT molecular complexity index is 551. The third kappa shape index (κ3) is 3.04. The average molecular weight is 334 g/mol. The second-order valence-corrected chi connectivity index (χ2v) is 7.29. The highest BCUT2D eigenvalue weighted by Gasteiger charge is 2.40. The van der Waals surface area contributed by atoms with Crippen LogP contribution in [0.25, 0.3) is 0 Å². The van der Waals surface area contributed by atoms with E-state index in [1.165, 1.54) is 25.9 Å². The highest BCUT2D eigenvalue weighted by atomic mass is 16.5. The minimum atomic E-state index is -0.329. The number of hydrogen-bond acceptors (Lipinski definition) is 6. The normalized spacial score (nSPS) is 27.7. The molecule has 4 heterocycles. The maximum absolute atomic E-state index is 13.0. The van der Waals surface area contributed by atoms with Crippen molar-refractivity contribution in [2.45, 2.75) is 50.1 Å². The summed E-state index contributed by atoms with van der Waals surface area (Å²) in [5.41, 5.74) is -0.329. The van der Waals surface area contributed by atoms with Gasteiger partial charge in [-0.2, -0.15) is 0 Å².